The minimum Gasteiger partial charge on any atom is -0.494 e. The SMILES string of the molecule is CCCOc1cccc(C(=O)Nc2ccc3oc(-c4cc(F)c(F)cc4Cl)nc3c2)c1. The van der Waals surface area contributed by atoms with Gasteiger partial charge >= 0.3 is 0 Å². The van der Waals surface area contributed by atoms with Gasteiger partial charge in [-0.15, -0.1) is 0 Å². The van der Waals surface area contributed by atoms with Crippen LogP contribution < -0.4 is 10.1 Å². The molecule has 0 unspecified atom stereocenters. The molecule has 31 heavy (non-hydrogen) atoms. The lowest BCUT2D eigenvalue weighted by atomic mass is 10.2. The standard InChI is InChI=1S/C23H17ClF2N2O3/c1-2-8-30-15-5-3-4-13(9-15)22(29)27-14-6-7-21-20(10-14)28-23(31-21)16-11-18(25)19(26)12-17(16)24/h3-7,9-12H,2,8H2,1H3,(H,27,29). The maximum atomic E-state index is 13.6. The third kappa shape index (κ3) is 4.51. The van der Waals surface area contributed by atoms with Crippen molar-refractivity contribution in [3.05, 3.63) is 76.8 Å². The Kier molecular flexibility index (Phi) is 5.86. The molecule has 0 spiro atoms. The van der Waals surface area contributed by atoms with Crippen LogP contribution in [0.3, 0.4) is 0 Å². The number of carbonyl (C=O) groups is 1. The monoisotopic (exact) mass is 442 g/mol. The van der Waals surface area contributed by atoms with Crippen LogP contribution in [0, 0.1) is 11.6 Å². The van der Waals surface area contributed by atoms with Gasteiger partial charge < -0.3 is 14.5 Å². The number of nitrogens with one attached hydrogen (secondary N) is 1. The topological polar surface area (TPSA) is 64.4 Å². The van der Waals surface area contributed by atoms with E-state index >= 15 is 0 Å². The van der Waals surface area contributed by atoms with Crippen LogP contribution in [0.4, 0.5) is 14.5 Å². The van der Waals surface area contributed by atoms with Gasteiger partial charge in [0, 0.05) is 11.3 Å². The minimum atomic E-state index is -1.06. The van der Waals surface area contributed by atoms with E-state index in [0.717, 1.165) is 18.6 Å². The summed E-state index contributed by atoms with van der Waals surface area (Å²) in [7, 11) is 0. The molecule has 158 valence electrons. The van der Waals surface area contributed by atoms with Crippen LogP contribution in [0.15, 0.2) is 59.0 Å². The number of aromatic nitrogens is 1. The number of rotatable bonds is 6. The van der Waals surface area contributed by atoms with E-state index in [9.17, 15) is 13.6 Å². The van der Waals surface area contributed by atoms with Crippen molar-refractivity contribution in [3.8, 4) is 17.2 Å². The van der Waals surface area contributed by atoms with Gasteiger partial charge in [0.2, 0.25) is 5.89 Å². The molecular weight excluding hydrogens is 426 g/mol. The van der Waals surface area contributed by atoms with Gasteiger partial charge in [-0.25, -0.2) is 13.8 Å². The fourth-order valence-electron chi connectivity index (χ4n) is 2.96. The fourth-order valence-corrected chi connectivity index (χ4v) is 3.19. The van der Waals surface area contributed by atoms with Gasteiger partial charge in [-0.05, 0) is 55.0 Å². The molecule has 4 aromatic rings. The smallest absolute Gasteiger partial charge is 0.255 e. The second kappa shape index (κ2) is 8.73. The van der Waals surface area contributed by atoms with Crippen LogP contribution in [-0.4, -0.2) is 17.5 Å². The van der Waals surface area contributed by atoms with Gasteiger partial charge in [-0.3, -0.25) is 4.79 Å². The molecule has 0 aliphatic rings. The van der Waals surface area contributed by atoms with Crippen molar-refractivity contribution in [1.29, 1.82) is 0 Å². The first-order chi connectivity index (χ1) is 14.9. The van der Waals surface area contributed by atoms with Crippen LogP contribution in [0.5, 0.6) is 5.75 Å². The van der Waals surface area contributed by atoms with E-state index in [-0.39, 0.29) is 22.4 Å². The molecule has 4 rings (SSSR count). The first kappa shape index (κ1) is 20.8. The molecule has 1 amide bonds. The Labute approximate surface area is 181 Å². The van der Waals surface area contributed by atoms with Gasteiger partial charge in [-0.2, -0.15) is 0 Å². The van der Waals surface area contributed by atoms with E-state index < -0.39 is 11.6 Å². The quantitative estimate of drug-likeness (QED) is 0.348. The van der Waals surface area contributed by atoms with Crippen LogP contribution in [0.1, 0.15) is 23.7 Å². The van der Waals surface area contributed by atoms with Gasteiger partial charge in [0.15, 0.2) is 17.2 Å². The van der Waals surface area contributed by atoms with Crippen molar-refractivity contribution in [2.45, 2.75) is 13.3 Å². The summed E-state index contributed by atoms with van der Waals surface area (Å²) in [6.07, 6.45) is 0.867. The second-order valence-corrected chi connectivity index (χ2v) is 7.19. The average Bonchev–Trinajstić information content (AvgIpc) is 3.18. The fraction of sp³-hybridized carbons (Fsp3) is 0.130. The highest BCUT2D eigenvalue weighted by Crippen LogP contribution is 2.32. The summed E-state index contributed by atoms with van der Waals surface area (Å²) in [6.45, 7) is 2.57. The summed E-state index contributed by atoms with van der Waals surface area (Å²) in [5.41, 5.74) is 1.90. The Morgan fingerprint density at radius 1 is 1.13 bits per heavy atom. The van der Waals surface area contributed by atoms with Crippen molar-refractivity contribution in [1.82, 2.24) is 4.98 Å². The molecule has 1 heterocycles. The van der Waals surface area contributed by atoms with Gasteiger partial charge in [0.25, 0.3) is 5.91 Å². The first-order valence-corrected chi connectivity index (χ1v) is 9.92. The number of fused-ring (bicyclic) bond motifs is 1. The average molecular weight is 443 g/mol. The Balaban J connectivity index is 1.58. The zero-order valence-electron chi connectivity index (χ0n) is 16.4. The highest BCUT2D eigenvalue weighted by Gasteiger charge is 2.16. The third-order valence-corrected chi connectivity index (χ3v) is 4.77. The number of amides is 1. The summed E-state index contributed by atoms with van der Waals surface area (Å²) < 4.78 is 38.1. The number of oxazole rings is 1. The van der Waals surface area contributed by atoms with Crippen molar-refractivity contribution >= 4 is 34.3 Å². The number of hydrogen-bond donors (Lipinski definition) is 1. The van der Waals surface area contributed by atoms with E-state index in [4.69, 9.17) is 20.8 Å². The first-order valence-electron chi connectivity index (χ1n) is 9.54. The highest BCUT2D eigenvalue weighted by atomic mass is 35.5. The molecule has 0 saturated carbocycles. The Bertz CT molecular complexity index is 1270. The lowest BCUT2D eigenvalue weighted by Gasteiger charge is -2.08. The number of carbonyl (C=O) groups excluding carboxylic acids is 1. The number of halogens is 3. The maximum Gasteiger partial charge on any atom is 0.255 e. The molecule has 0 saturated heterocycles. The van der Waals surface area contributed by atoms with E-state index in [2.05, 4.69) is 10.3 Å². The summed E-state index contributed by atoms with van der Waals surface area (Å²) in [5.74, 6) is -1.76. The molecule has 0 fully saturated rings. The van der Waals surface area contributed by atoms with E-state index in [1.54, 1.807) is 42.5 Å². The predicted molar refractivity (Wildman–Crippen MR) is 115 cm³/mol. The van der Waals surface area contributed by atoms with Crippen LogP contribution in [0.25, 0.3) is 22.6 Å². The molecule has 0 bridgehead atoms. The molecule has 8 heteroatoms. The minimum absolute atomic E-state index is 0.0239. The number of hydrogen-bond acceptors (Lipinski definition) is 4. The zero-order valence-corrected chi connectivity index (χ0v) is 17.2. The molecule has 0 aliphatic carbocycles. The molecule has 3 aromatic carbocycles. The van der Waals surface area contributed by atoms with Gasteiger partial charge in [0.1, 0.15) is 11.3 Å². The van der Waals surface area contributed by atoms with Gasteiger partial charge in [-0.1, -0.05) is 24.6 Å². The largest absolute Gasteiger partial charge is 0.494 e. The van der Waals surface area contributed by atoms with Gasteiger partial charge in [0.05, 0.1) is 17.2 Å². The van der Waals surface area contributed by atoms with Crippen LogP contribution in [0.2, 0.25) is 5.02 Å². The van der Waals surface area contributed by atoms with Crippen molar-refractivity contribution in [2.75, 3.05) is 11.9 Å². The molecule has 0 atom stereocenters. The second-order valence-electron chi connectivity index (χ2n) is 6.78. The molecule has 1 N–H and O–H groups in total. The van der Waals surface area contributed by atoms with Crippen LogP contribution >= 0.6 is 11.6 Å². The number of anilines is 1. The molecule has 1 aromatic heterocycles. The number of nitrogens with zero attached hydrogens (tertiary/aromatic N) is 1. The van der Waals surface area contributed by atoms with E-state index in [1.165, 1.54) is 0 Å². The van der Waals surface area contributed by atoms with Crippen molar-refractivity contribution in [3.63, 3.8) is 0 Å². The lowest BCUT2D eigenvalue weighted by molar-refractivity contribution is 0.102. The van der Waals surface area contributed by atoms with Crippen molar-refractivity contribution < 1.29 is 22.7 Å². The summed E-state index contributed by atoms with van der Waals surface area (Å²) in [6, 6.07) is 13.6. The summed E-state index contributed by atoms with van der Waals surface area (Å²) in [5, 5.41) is 2.77. The van der Waals surface area contributed by atoms with E-state index in [1.807, 2.05) is 6.92 Å². The highest BCUT2D eigenvalue weighted by molar-refractivity contribution is 6.33. The number of ether oxygens (including phenoxy) is 1. The zero-order chi connectivity index (χ0) is 22.0. The molecule has 5 nitrogen and oxygen atoms in total. The predicted octanol–water partition coefficient (Wildman–Crippen LogP) is 6.47. The lowest BCUT2D eigenvalue weighted by Crippen LogP contribution is -2.12. The number of benzene rings is 3. The Morgan fingerprint density at radius 2 is 1.94 bits per heavy atom. The summed E-state index contributed by atoms with van der Waals surface area (Å²) >= 11 is 6.00. The van der Waals surface area contributed by atoms with Crippen molar-refractivity contribution in [2.24, 2.45) is 0 Å². The molecular formula is C23H17ClF2N2O3. The normalized spacial score (nSPS) is 11.0. The molecule has 0 aliphatic heterocycles. The maximum absolute atomic E-state index is 13.6. The van der Waals surface area contributed by atoms with Crippen LogP contribution in [-0.2, 0) is 0 Å². The third-order valence-electron chi connectivity index (χ3n) is 4.45. The Morgan fingerprint density at radius 3 is 2.74 bits per heavy atom. The summed E-state index contributed by atoms with van der Waals surface area (Å²) in [4.78, 5) is 16.9. The Hall–Kier alpha value is -3.45. The molecule has 0 radical (unpaired) electrons. The van der Waals surface area contributed by atoms with E-state index in [0.29, 0.717) is 34.7 Å².